The zero-order valence-corrected chi connectivity index (χ0v) is 20.7. The van der Waals surface area contributed by atoms with Crippen LogP contribution >= 0.6 is 0 Å². The van der Waals surface area contributed by atoms with Crippen molar-refractivity contribution in [1.82, 2.24) is 4.90 Å². The lowest BCUT2D eigenvalue weighted by Crippen LogP contribution is -2.50. The second-order valence-corrected chi connectivity index (χ2v) is 10.5. The maximum atomic E-state index is 12.6. The maximum absolute atomic E-state index is 12.6. The van der Waals surface area contributed by atoms with Crippen LogP contribution in [-0.2, 0) is 18.8 Å². The largest absolute Gasteiger partial charge is 0.492 e. The molecule has 1 atom stereocenters. The molecule has 0 aromatic heterocycles. The summed E-state index contributed by atoms with van der Waals surface area (Å²) in [5.74, 6) is 0.604. The predicted molar refractivity (Wildman–Crippen MR) is 129 cm³/mol. The Morgan fingerprint density at radius 1 is 1.06 bits per heavy atom. The molecule has 1 amide bonds. The zero-order valence-electron chi connectivity index (χ0n) is 20.7. The van der Waals surface area contributed by atoms with E-state index in [2.05, 4.69) is 36.4 Å². The molecule has 1 unspecified atom stereocenters. The third-order valence-corrected chi connectivity index (χ3v) is 7.88. The molecule has 1 saturated carbocycles. The molecule has 0 N–H and O–H groups in total. The van der Waals surface area contributed by atoms with Gasteiger partial charge in [0.15, 0.2) is 0 Å². The summed E-state index contributed by atoms with van der Waals surface area (Å²) in [6.07, 6.45) is 7.07. The van der Waals surface area contributed by atoms with Gasteiger partial charge in [-0.15, -0.1) is 0 Å². The predicted octanol–water partition coefficient (Wildman–Crippen LogP) is 5.13. The van der Waals surface area contributed by atoms with Crippen LogP contribution in [0.5, 0.6) is 0 Å². The highest BCUT2D eigenvalue weighted by molar-refractivity contribution is 6.55. The van der Waals surface area contributed by atoms with Crippen LogP contribution in [0.4, 0.5) is 4.79 Å². The minimum atomic E-state index is -0.495. The van der Waals surface area contributed by atoms with Crippen molar-refractivity contribution >= 4 is 13.2 Å². The number of hydrogen-bond donors (Lipinski definition) is 0. The maximum Gasteiger partial charge on any atom is 0.492 e. The highest BCUT2D eigenvalue weighted by atomic mass is 16.7. The molecular weight excluding hydrogens is 417 g/mol. The van der Waals surface area contributed by atoms with Gasteiger partial charge in [0.1, 0.15) is 0 Å². The smallest absolute Gasteiger partial charge is 0.453 e. The van der Waals surface area contributed by atoms with Gasteiger partial charge in [0.2, 0.25) is 0 Å². The van der Waals surface area contributed by atoms with Gasteiger partial charge in [-0.25, -0.2) is 4.79 Å². The van der Waals surface area contributed by atoms with E-state index in [9.17, 15) is 4.79 Å². The Labute approximate surface area is 198 Å². The highest BCUT2D eigenvalue weighted by Gasteiger charge is 2.54. The number of carbonyl (C=O) groups is 1. The lowest BCUT2D eigenvalue weighted by molar-refractivity contribution is -0.00366. The molecule has 2 heterocycles. The average molecular weight is 455 g/mol. The molecule has 1 aromatic rings. The van der Waals surface area contributed by atoms with E-state index in [1.54, 1.807) is 4.90 Å². The molecular formula is C26H38BNO5. The Morgan fingerprint density at radius 3 is 2.30 bits per heavy atom. The van der Waals surface area contributed by atoms with Gasteiger partial charge >= 0.3 is 13.2 Å². The van der Waals surface area contributed by atoms with Gasteiger partial charge in [-0.2, -0.15) is 0 Å². The van der Waals surface area contributed by atoms with Crippen molar-refractivity contribution in [1.29, 1.82) is 0 Å². The van der Waals surface area contributed by atoms with Crippen molar-refractivity contribution in [2.45, 2.75) is 89.1 Å². The number of nitrogens with zero attached hydrogens (tertiary/aromatic N) is 1. The second kappa shape index (κ2) is 9.81. The van der Waals surface area contributed by atoms with Gasteiger partial charge in [0.05, 0.1) is 37.1 Å². The van der Waals surface area contributed by atoms with Crippen LogP contribution in [0.3, 0.4) is 0 Å². The first-order valence-corrected chi connectivity index (χ1v) is 12.3. The van der Waals surface area contributed by atoms with Crippen LogP contribution in [0.1, 0.15) is 71.3 Å². The molecule has 180 valence electrons. The summed E-state index contributed by atoms with van der Waals surface area (Å²) in [7, 11) is 0.933. The van der Waals surface area contributed by atoms with Crippen LogP contribution in [-0.4, -0.2) is 61.7 Å². The van der Waals surface area contributed by atoms with Crippen molar-refractivity contribution < 1.29 is 23.6 Å². The molecule has 2 aliphatic heterocycles. The Balaban J connectivity index is 1.42. The SMILES string of the molecule is COC(=O)N1CCC=C(B2OC(C)(C)C(C)(C)O2)C1COC1CCC(c2ccccc2)CC1. The molecule has 4 rings (SSSR count). The molecule has 2 fully saturated rings. The molecule has 0 spiro atoms. The minimum absolute atomic E-state index is 0.200. The lowest BCUT2D eigenvalue weighted by Gasteiger charge is -2.37. The molecule has 1 aromatic carbocycles. The van der Waals surface area contributed by atoms with Crippen molar-refractivity contribution in [2.24, 2.45) is 0 Å². The lowest BCUT2D eigenvalue weighted by atomic mass is 9.71. The molecule has 7 heteroatoms. The summed E-state index contributed by atoms with van der Waals surface area (Å²) in [5.41, 5.74) is 1.51. The molecule has 33 heavy (non-hydrogen) atoms. The first-order chi connectivity index (χ1) is 15.7. The summed E-state index contributed by atoms with van der Waals surface area (Å²) >= 11 is 0. The first-order valence-electron chi connectivity index (χ1n) is 12.3. The third kappa shape index (κ3) is 5.15. The van der Waals surface area contributed by atoms with Gasteiger partial charge in [0.25, 0.3) is 0 Å². The summed E-state index contributed by atoms with van der Waals surface area (Å²) in [5, 5.41) is 0. The number of methoxy groups -OCH3 is 1. The third-order valence-electron chi connectivity index (χ3n) is 7.88. The van der Waals surface area contributed by atoms with Crippen molar-refractivity contribution in [2.75, 3.05) is 20.3 Å². The Morgan fingerprint density at radius 2 is 1.70 bits per heavy atom. The zero-order chi connectivity index (χ0) is 23.6. The Bertz CT molecular complexity index is 831. The highest BCUT2D eigenvalue weighted by Crippen LogP contribution is 2.41. The number of rotatable bonds is 5. The number of benzene rings is 1. The van der Waals surface area contributed by atoms with Gasteiger partial charge < -0.3 is 18.8 Å². The number of carbonyl (C=O) groups excluding carboxylic acids is 1. The van der Waals surface area contributed by atoms with Gasteiger partial charge in [-0.1, -0.05) is 36.4 Å². The van der Waals surface area contributed by atoms with Crippen molar-refractivity contribution in [3.05, 3.63) is 47.4 Å². The molecule has 1 aliphatic carbocycles. The fourth-order valence-corrected chi connectivity index (χ4v) is 5.11. The Kier molecular flexibility index (Phi) is 7.22. The topological polar surface area (TPSA) is 57.2 Å². The number of amides is 1. The minimum Gasteiger partial charge on any atom is -0.453 e. The van der Waals surface area contributed by atoms with E-state index in [1.807, 2.05) is 27.7 Å². The number of ether oxygens (including phenoxy) is 2. The fraction of sp³-hybridized carbons (Fsp3) is 0.654. The van der Waals surface area contributed by atoms with E-state index in [4.69, 9.17) is 18.8 Å². The van der Waals surface area contributed by atoms with E-state index in [0.717, 1.165) is 37.6 Å². The normalized spacial score (nSPS) is 29.0. The average Bonchev–Trinajstić information content (AvgIpc) is 3.04. The van der Waals surface area contributed by atoms with E-state index in [0.29, 0.717) is 19.1 Å². The van der Waals surface area contributed by atoms with Crippen LogP contribution in [0, 0.1) is 0 Å². The molecule has 0 bridgehead atoms. The van der Waals surface area contributed by atoms with Crippen LogP contribution in [0.2, 0.25) is 0 Å². The quantitative estimate of drug-likeness (QED) is 0.577. The monoisotopic (exact) mass is 455 g/mol. The second-order valence-electron chi connectivity index (χ2n) is 10.5. The Hall–Kier alpha value is -1.83. The number of hydrogen-bond acceptors (Lipinski definition) is 5. The van der Waals surface area contributed by atoms with E-state index < -0.39 is 18.3 Å². The molecule has 0 radical (unpaired) electrons. The fourth-order valence-electron chi connectivity index (χ4n) is 5.11. The summed E-state index contributed by atoms with van der Waals surface area (Å²) < 4.78 is 24.2. The van der Waals surface area contributed by atoms with Crippen molar-refractivity contribution in [3.63, 3.8) is 0 Å². The molecule has 1 saturated heterocycles. The van der Waals surface area contributed by atoms with Crippen LogP contribution < -0.4 is 0 Å². The van der Waals surface area contributed by atoms with E-state index in [1.165, 1.54) is 12.7 Å². The van der Waals surface area contributed by atoms with Gasteiger partial charge in [-0.05, 0) is 76.8 Å². The summed E-state index contributed by atoms with van der Waals surface area (Å²) in [6.45, 7) is 9.21. The molecule has 6 nitrogen and oxygen atoms in total. The summed E-state index contributed by atoms with van der Waals surface area (Å²) in [6, 6.07) is 10.5. The van der Waals surface area contributed by atoms with Gasteiger partial charge in [-0.3, -0.25) is 4.90 Å². The van der Waals surface area contributed by atoms with Crippen LogP contribution in [0.25, 0.3) is 0 Å². The summed E-state index contributed by atoms with van der Waals surface area (Å²) in [4.78, 5) is 14.3. The van der Waals surface area contributed by atoms with Crippen molar-refractivity contribution in [3.8, 4) is 0 Å². The van der Waals surface area contributed by atoms with Gasteiger partial charge in [0, 0.05) is 6.54 Å². The van der Waals surface area contributed by atoms with E-state index >= 15 is 0 Å². The van der Waals surface area contributed by atoms with Crippen LogP contribution in [0.15, 0.2) is 41.9 Å². The first kappa shape index (κ1) is 24.3. The molecule has 3 aliphatic rings. The van der Waals surface area contributed by atoms with E-state index in [-0.39, 0.29) is 18.2 Å². The standard InChI is InChI=1S/C26H38BNO5/c1-25(2)26(3,4)33-27(32-25)22-12-9-17-28(24(29)30-5)23(22)18-31-21-15-13-20(14-16-21)19-10-7-6-8-11-19/h6-8,10-12,20-21,23H,9,13-18H2,1-5H3.